The Bertz CT molecular complexity index is 710. The van der Waals surface area contributed by atoms with E-state index in [9.17, 15) is 14.9 Å². The Kier molecular flexibility index (Phi) is 5.32. The van der Waals surface area contributed by atoms with Crippen LogP contribution in [-0.2, 0) is 24.4 Å². The minimum atomic E-state index is -0.656. The highest BCUT2D eigenvalue weighted by Crippen LogP contribution is 2.21. The standard InChI is InChI=1S/C13H17ClN6O3/c1-3-18-6-4-10(15-18)8-17(2)12(21)5-7-19-9-11(14)13(16-19)20(22)23/h4,6,9H,3,5,7-8H2,1-2H3. The Labute approximate surface area is 137 Å². The van der Waals surface area contributed by atoms with E-state index < -0.39 is 10.7 Å². The van der Waals surface area contributed by atoms with Crippen LogP contribution < -0.4 is 0 Å². The normalized spacial score (nSPS) is 10.7. The monoisotopic (exact) mass is 340 g/mol. The van der Waals surface area contributed by atoms with Gasteiger partial charge in [0.25, 0.3) is 0 Å². The number of halogens is 1. The second-order valence-electron chi connectivity index (χ2n) is 4.98. The summed E-state index contributed by atoms with van der Waals surface area (Å²) in [5.74, 6) is -0.511. The van der Waals surface area contributed by atoms with Crippen LogP contribution in [0.2, 0.25) is 5.02 Å². The maximum absolute atomic E-state index is 12.1. The summed E-state index contributed by atoms with van der Waals surface area (Å²) in [6.45, 7) is 3.39. The van der Waals surface area contributed by atoms with Gasteiger partial charge in [-0.05, 0) is 17.9 Å². The van der Waals surface area contributed by atoms with Crippen molar-refractivity contribution in [2.45, 2.75) is 33.0 Å². The molecule has 0 bridgehead atoms. The van der Waals surface area contributed by atoms with Crippen molar-refractivity contribution in [3.63, 3.8) is 0 Å². The lowest BCUT2D eigenvalue weighted by atomic mass is 10.3. The number of hydrogen-bond acceptors (Lipinski definition) is 5. The van der Waals surface area contributed by atoms with E-state index in [1.165, 1.54) is 10.9 Å². The van der Waals surface area contributed by atoms with Crippen LogP contribution in [0.5, 0.6) is 0 Å². The third kappa shape index (κ3) is 4.28. The van der Waals surface area contributed by atoms with Crippen LogP contribution in [0.1, 0.15) is 19.0 Å². The number of nitro groups is 1. The fourth-order valence-corrected chi connectivity index (χ4v) is 2.24. The average molecular weight is 341 g/mol. The third-order valence-corrected chi connectivity index (χ3v) is 3.54. The summed E-state index contributed by atoms with van der Waals surface area (Å²) < 4.78 is 3.09. The first-order chi connectivity index (χ1) is 10.9. The van der Waals surface area contributed by atoms with Gasteiger partial charge in [0.1, 0.15) is 0 Å². The summed E-state index contributed by atoms with van der Waals surface area (Å²) >= 11 is 5.71. The van der Waals surface area contributed by atoms with E-state index in [-0.39, 0.29) is 23.9 Å². The maximum Gasteiger partial charge on any atom is 0.408 e. The van der Waals surface area contributed by atoms with Gasteiger partial charge in [-0.15, -0.1) is 0 Å². The molecule has 0 aliphatic carbocycles. The molecule has 0 aromatic carbocycles. The lowest BCUT2D eigenvalue weighted by molar-refractivity contribution is -0.389. The van der Waals surface area contributed by atoms with E-state index >= 15 is 0 Å². The molecule has 0 unspecified atom stereocenters. The number of hydrogen-bond donors (Lipinski definition) is 0. The van der Waals surface area contributed by atoms with Gasteiger partial charge >= 0.3 is 5.82 Å². The highest BCUT2D eigenvalue weighted by Gasteiger charge is 2.20. The molecule has 2 aromatic heterocycles. The zero-order valence-corrected chi connectivity index (χ0v) is 13.6. The van der Waals surface area contributed by atoms with Crippen LogP contribution in [0.4, 0.5) is 5.82 Å². The summed E-state index contributed by atoms with van der Waals surface area (Å²) in [6, 6.07) is 1.86. The van der Waals surface area contributed by atoms with Crippen molar-refractivity contribution in [1.82, 2.24) is 24.5 Å². The van der Waals surface area contributed by atoms with Gasteiger partial charge in [0, 0.05) is 26.2 Å². The zero-order valence-electron chi connectivity index (χ0n) is 12.8. The molecule has 2 heterocycles. The van der Waals surface area contributed by atoms with E-state index in [0.29, 0.717) is 6.54 Å². The lowest BCUT2D eigenvalue weighted by Gasteiger charge is -2.15. The molecular weight excluding hydrogens is 324 g/mol. The van der Waals surface area contributed by atoms with Crippen molar-refractivity contribution >= 4 is 23.3 Å². The first-order valence-corrected chi connectivity index (χ1v) is 7.42. The van der Waals surface area contributed by atoms with Gasteiger partial charge in [-0.3, -0.25) is 9.48 Å². The van der Waals surface area contributed by atoms with Crippen LogP contribution in [0.3, 0.4) is 0 Å². The zero-order chi connectivity index (χ0) is 17.0. The molecule has 0 saturated heterocycles. The Hall–Kier alpha value is -2.42. The number of nitrogens with zero attached hydrogens (tertiary/aromatic N) is 6. The largest absolute Gasteiger partial charge is 0.408 e. The predicted molar refractivity (Wildman–Crippen MR) is 82.9 cm³/mol. The van der Waals surface area contributed by atoms with Gasteiger partial charge in [0.2, 0.25) is 5.91 Å². The molecule has 0 N–H and O–H groups in total. The highest BCUT2D eigenvalue weighted by molar-refractivity contribution is 6.32. The topological polar surface area (TPSA) is 99.1 Å². The average Bonchev–Trinajstić information content (AvgIpc) is 3.11. The molecule has 124 valence electrons. The van der Waals surface area contributed by atoms with Gasteiger partial charge in [-0.25, -0.2) is 0 Å². The van der Waals surface area contributed by atoms with Crippen LogP contribution in [-0.4, -0.2) is 42.3 Å². The number of carbonyl (C=O) groups excluding carboxylic acids is 1. The van der Waals surface area contributed by atoms with Crippen molar-refractivity contribution in [1.29, 1.82) is 0 Å². The minimum Gasteiger partial charge on any atom is -0.358 e. The van der Waals surface area contributed by atoms with Crippen LogP contribution in [0, 0.1) is 10.1 Å². The van der Waals surface area contributed by atoms with Gasteiger partial charge in [0.05, 0.1) is 30.1 Å². The molecule has 0 spiro atoms. The summed E-state index contributed by atoms with van der Waals surface area (Å²) in [5.41, 5.74) is 0.806. The second kappa shape index (κ2) is 7.23. The molecule has 0 atom stereocenters. The Morgan fingerprint density at radius 2 is 2.17 bits per heavy atom. The van der Waals surface area contributed by atoms with Gasteiger partial charge in [-0.1, -0.05) is 11.6 Å². The molecule has 23 heavy (non-hydrogen) atoms. The summed E-state index contributed by atoms with van der Waals surface area (Å²) in [6.07, 6.45) is 3.37. The van der Waals surface area contributed by atoms with Crippen LogP contribution in [0.25, 0.3) is 0 Å². The van der Waals surface area contributed by atoms with Crippen LogP contribution in [0.15, 0.2) is 18.5 Å². The van der Waals surface area contributed by atoms with E-state index in [0.717, 1.165) is 12.2 Å². The van der Waals surface area contributed by atoms with Crippen molar-refractivity contribution < 1.29 is 9.72 Å². The molecule has 2 aromatic rings. The van der Waals surface area contributed by atoms with Crippen molar-refractivity contribution in [2.75, 3.05) is 7.05 Å². The number of aromatic nitrogens is 4. The van der Waals surface area contributed by atoms with Gasteiger partial charge in [-0.2, -0.15) is 9.78 Å². The first kappa shape index (κ1) is 16.9. The van der Waals surface area contributed by atoms with Crippen molar-refractivity contribution in [3.05, 3.63) is 39.3 Å². The summed E-state index contributed by atoms with van der Waals surface area (Å²) in [7, 11) is 1.69. The van der Waals surface area contributed by atoms with Crippen molar-refractivity contribution in [3.8, 4) is 0 Å². The molecule has 0 fully saturated rings. The molecule has 0 aliphatic heterocycles. The van der Waals surface area contributed by atoms with E-state index in [1.807, 2.05) is 19.2 Å². The second-order valence-corrected chi connectivity index (χ2v) is 5.39. The Balaban J connectivity index is 1.88. The predicted octanol–water partition coefficient (Wildman–Crippen LogP) is 1.71. The number of amides is 1. The lowest BCUT2D eigenvalue weighted by Crippen LogP contribution is -2.27. The summed E-state index contributed by atoms with van der Waals surface area (Å²) in [4.78, 5) is 23.7. The van der Waals surface area contributed by atoms with Gasteiger partial charge in [0.15, 0.2) is 5.02 Å². The number of aryl methyl sites for hydroxylation is 2. The van der Waals surface area contributed by atoms with E-state index in [2.05, 4.69) is 10.2 Å². The number of rotatable bonds is 7. The smallest absolute Gasteiger partial charge is 0.358 e. The Morgan fingerprint density at radius 3 is 2.74 bits per heavy atom. The highest BCUT2D eigenvalue weighted by atomic mass is 35.5. The van der Waals surface area contributed by atoms with Crippen LogP contribution >= 0.6 is 11.6 Å². The molecule has 0 radical (unpaired) electrons. The SMILES string of the molecule is CCn1ccc(CN(C)C(=O)CCn2cc(Cl)c([N+](=O)[O-])n2)n1. The summed E-state index contributed by atoms with van der Waals surface area (Å²) in [5, 5.41) is 18.7. The Morgan fingerprint density at radius 1 is 1.43 bits per heavy atom. The molecule has 1 amide bonds. The molecule has 0 aliphatic rings. The van der Waals surface area contributed by atoms with Crippen molar-refractivity contribution in [2.24, 2.45) is 0 Å². The fourth-order valence-electron chi connectivity index (χ4n) is 2.02. The molecule has 2 rings (SSSR count). The fraction of sp³-hybridized carbons (Fsp3) is 0.462. The molecular formula is C13H17ClN6O3. The third-order valence-electron chi connectivity index (χ3n) is 3.27. The quantitative estimate of drug-likeness (QED) is 0.564. The van der Waals surface area contributed by atoms with Gasteiger partial charge < -0.3 is 15.0 Å². The maximum atomic E-state index is 12.1. The van der Waals surface area contributed by atoms with E-state index in [4.69, 9.17) is 11.6 Å². The van der Waals surface area contributed by atoms with E-state index in [1.54, 1.807) is 16.6 Å². The minimum absolute atomic E-state index is 0.0408. The number of carbonyl (C=O) groups is 1. The molecule has 9 nitrogen and oxygen atoms in total. The molecule has 10 heteroatoms. The molecule has 0 saturated carbocycles. The first-order valence-electron chi connectivity index (χ1n) is 7.04.